The zero-order chi connectivity index (χ0) is 19.1. The highest BCUT2D eigenvalue weighted by molar-refractivity contribution is 6.44. The molecule has 0 aromatic rings. The molecule has 0 N–H and O–H groups in total. The maximum absolute atomic E-state index is 12.5. The Labute approximate surface area is 151 Å². The van der Waals surface area contributed by atoms with Crippen LogP contribution in [0.5, 0.6) is 0 Å². The van der Waals surface area contributed by atoms with Crippen LogP contribution >= 0.6 is 0 Å². The van der Waals surface area contributed by atoms with Gasteiger partial charge >= 0.3 is 17.9 Å². The van der Waals surface area contributed by atoms with Crippen LogP contribution in [-0.2, 0) is 28.6 Å². The van der Waals surface area contributed by atoms with E-state index in [0.717, 1.165) is 0 Å². The van der Waals surface area contributed by atoms with E-state index in [4.69, 9.17) is 14.2 Å². The molecule has 2 rings (SSSR count). The lowest BCUT2D eigenvalue weighted by atomic mass is 9.96. The number of allylic oxidation sites excluding steroid dienone is 4. The van der Waals surface area contributed by atoms with E-state index < -0.39 is 17.9 Å². The molecule has 7 heteroatoms. The van der Waals surface area contributed by atoms with Crippen LogP contribution in [0.25, 0.3) is 0 Å². The van der Waals surface area contributed by atoms with E-state index in [1.165, 1.54) is 0 Å². The van der Waals surface area contributed by atoms with Crippen molar-refractivity contribution in [1.82, 2.24) is 0 Å². The number of carbonyl (C=O) groups excluding carboxylic acids is 3. The van der Waals surface area contributed by atoms with Gasteiger partial charge in [0.25, 0.3) is 0 Å². The molecule has 7 nitrogen and oxygen atoms in total. The van der Waals surface area contributed by atoms with Crippen molar-refractivity contribution >= 4 is 23.6 Å². The fourth-order valence-corrected chi connectivity index (χ4v) is 2.55. The molecule has 0 spiro atoms. The third-order valence-corrected chi connectivity index (χ3v) is 3.59. The monoisotopic (exact) mass is 359 g/mol. The summed E-state index contributed by atoms with van der Waals surface area (Å²) in [6.07, 6.45) is 7.09. The zero-order valence-corrected chi connectivity index (χ0v) is 15.0. The van der Waals surface area contributed by atoms with E-state index >= 15 is 0 Å². The number of hydrogen-bond acceptors (Lipinski definition) is 7. The van der Waals surface area contributed by atoms with Gasteiger partial charge in [-0.25, -0.2) is 19.4 Å². The summed E-state index contributed by atoms with van der Waals surface area (Å²) in [6.45, 7) is 5.38. The Bertz CT molecular complexity index is 767. The van der Waals surface area contributed by atoms with Crippen molar-refractivity contribution in [3.63, 3.8) is 0 Å². The highest BCUT2D eigenvalue weighted by Gasteiger charge is 2.33. The highest BCUT2D eigenvalue weighted by Crippen LogP contribution is 2.31. The first-order chi connectivity index (χ1) is 12.5. The number of nitrogens with zero attached hydrogens (tertiary/aromatic N) is 1. The molecule has 0 radical (unpaired) electrons. The molecule has 0 atom stereocenters. The Balaban J connectivity index is 2.71. The van der Waals surface area contributed by atoms with Crippen molar-refractivity contribution in [2.75, 3.05) is 19.8 Å². The minimum absolute atomic E-state index is 0.00190. The maximum Gasteiger partial charge on any atom is 0.357 e. The van der Waals surface area contributed by atoms with E-state index in [1.807, 2.05) is 0 Å². The summed E-state index contributed by atoms with van der Waals surface area (Å²) >= 11 is 0. The van der Waals surface area contributed by atoms with Gasteiger partial charge in [0.1, 0.15) is 0 Å². The van der Waals surface area contributed by atoms with Crippen molar-refractivity contribution < 1.29 is 28.6 Å². The predicted molar refractivity (Wildman–Crippen MR) is 94.3 cm³/mol. The largest absolute Gasteiger partial charge is 0.462 e. The Hall–Kier alpha value is -2.96. The molecule has 2 aliphatic rings. The van der Waals surface area contributed by atoms with Gasteiger partial charge in [-0.1, -0.05) is 24.3 Å². The van der Waals surface area contributed by atoms with E-state index in [0.29, 0.717) is 11.1 Å². The molecular formula is C19H21NO6. The molecule has 0 amide bonds. The third-order valence-electron chi connectivity index (χ3n) is 3.59. The fourth-order valence-electron chi connectivity index (χ4n) is 2.55. The second-order valence-corrected chi connectivity index (χ2v) is 5.29. The van der Waals surface area contributed by atoms with Gasteiger partial charge in [-0.3, -0.25) is 0 Å². The number of esters is 3. The molecule has 2 bridgehead atoms. The van der Waals surface area contributed by atoms with Crippen molar-refractivity contribution in [3.05, 3.63) is 46.7 Å². The first-order valence-corrected chi connectivity index (χ1v) is 8.44. The SMILES string of the molecule is CCOC(=O)C1=NC(C(=O)OCC)=C(C(=O)OCC)C2=CC=CC=C1C2. The average molecular weight is 359 g/mol. The summed E-state index contributed by atoms with van der Waals surface area (Å²) in [7, 11) is 0. The number of rotatable bonds is 6. The van der Waals surface area contributed by atoms with Crippen LogP contribution in [0.1, 0.15) is 27.2 Å². The van der Waals surface area contributed by atoms with Gasteiger partial charge in [-0.15, -0.1) is 0 Å². The number of ether oxygens (including phenoxy) is 3. The fraction of sp³-hybridized carbons (Fsp3) is 0.368. The van der Waals surface area contributed by atoms with Crippen molar-refractivity contribution in [3.8, 4) is 0 Å². The van der Waals surface area contributed by atoms with Crippen LogP contribution in [0, 0.1) is 0 Å². The average Bonchev–Trinajstić information content (AvgIpc) is 2.93. The number of aliphatic imine (C=N–C) groups is 1. The number of fused-ring (bicyclic) bond motifs is 2. The quantitative estimate of drug-likeness (QED) is 0.533. The first kappa shape index (κ1) is 19.4. The van der Waals surface area contributed by atoms with Gasteiger partial charge in [0, 0.05) is 6.42 Å². The molecule has 1 aliphatic carbocycles. The lowest BCUT2D eigenvalue weighted by Gasteiger charge is -2.11. The second-order valence-electron chi connectivity index (χ2n) is 5.29. The molecule has 138 valence electrons. The topological polar surface area (TPSA) is 91.3 Å². The molecule has 0 aromatic carbocycles. The summed E-state index contributed by atoms with van der Waals surface area (Å²) in [5, 5.41) is 0. The predicted octanol–water partition coefficient (Wildman–Crippen LogP) is 2.20. The molecule has 1 aliphatic heterocycles. The van der Waals surface area contributed by atoms with E-state index in [2.05, 4.69) is 4.99 Å². The van der Waals surface area contributed by atoms with Crippen molar-refractivity contribution in [1.29, 1.82) is 0 Å². The lowest BCUT2D eigenvalue weighted by Crippen LogP contribution is -2.21. The molecule has 1 heterocycles. The molecule has 26 heavy (non-hydrogen) atoms. The number of hydrogen-bond donors (Lipinski definition) is 0. The van der Waals surface area contributed by atoms with Crippen LogP contribution < -0.4 is 0 Å². The normalized spacial score (nSPS) is 15.9. The summed E-state index contributed by atoms with van der Waals surface area (Å²) in [4.78, 5) is 41.5. The molecular weight excluding hydrogens is 338 g/mol. The van der Waals surface area contributed by atoms with Crippen molar-refractivity contribution in [2.24, 2.45) is 4.99 Å². The van der Waals surface area contributed by atoms with Gasteiger partial charge in [0.2, 0.25) is 0 Å². The Kier molecular flexibility index (Phi) is 6.66. The Morgan fingerprint density at radius 3 is 2.00 bits per heavy atom. The second kappa shape index (κ2) is 8.94. The molecule has 0 unspecified atom stereocenters. The lowest BCUT2D eigenvalue weighted by molar-refractivity contribution is -0.141. The van der Waals surface area contributed by atoms with Gasteiger partial charge in [0.15, 0.2) is 11.4 Å². The standard InChI is InChI=1S/C19H21NO6/c1-4-24-17(21)14-12-9-7-8-10-13(11-12)15(18(22)25-5-2)20-16(14)19(23)26-6-3/h7-10H,4-6,11H2,1-3H3. The minimum Gasteiger partial charge on any atom is -0.462 e. The molecule has 0 saturated heterocycles. The Morgan fingerprint density at radius 1 is 0.846 bits per heavy atom. The van der Waals surface area contributed by atoms with Crippen LogP contribution in [0.4, 0.5) is 0 Å². The van der Waals surface area contributed by atoms with Gasteiger partial charge in [-0.05, 0) is 31.9 Å². The van der Waals surface area contributed by atoms with Crippen LogP contribution in [0.3, 0.4) is 0 Å². The third kappa shape index (κ3) is 4.17. The van der Waals surface area contributed by atoms with Crippen molar-refractivity contribution in [2.45, 2.75) is 27.2 Å². The maximum atomic E-state index is 12.5. The van der Waals surface area contributed by atoms with Crippen LogP contribution in [0.2, 0.25) is 0 Å². The summed E-state index contributed by atoms with van der Waals surface area (Å²) in [5.41, 5.74) is 0.797. The molecule has 0 fully saturated rings. The van der Waals surface area contributed by atoms with Crippen LogP contribution in [0.15, 0.2) is 51.7 Å². The summed E-state index contributed by atoms with van der Waals surface area (Å²) < 4.78 is 15.2. The molecule has 0 saturated carbocycles. The zero-order valence-electron chi connectivity index (χ0n) is 15.0. The van der Waals surface area contributed by atoms with E-state index in [1.54, 1.807) is 45.1 Å². The molecule has 0 aromatic heterocycles. The minimum atomic E-state index is -0.797. The summed E-state index contributed by atoms with van der Waals surface area (Å²) in [6, 6.07) is 0. The van der Waals surface area contributed by atoms with E-state index in [-0.39, 0.29) is 43.2 Å². The highest BCUT2D eigenvalue weighted by atomic mass is 16.5. The van der Waals surface area contributed by atoms with E-state index in [9.17, 15) is 14.4 Å². The number of carbonyl (C=O) groups is 3. The Morgan fingerprint density at radius 2 is 1.38 bits per heavy atom. The first-order valence-electron chi connectivity index (χ1n) is 8.44. The smallest absolute Gasteiger partial charge is 0.357 e. The van der Waals surface area contributed by atoms with Gasteiger partial charge < -0.3 is 14.2 Å². The van der Waals surface area contributed by atoms with Crippen LogP contribution in [-0.4, -0.2) is 43.4 Å². The summed E-state index contributed by atoms with van der Waals surface area (Å²) in [5.74, 6) is -2.15. The van der Waals surface area contributed by atoms with Gasteiger partial charge in [0.05, 0.1) is 25.4 Å². The van der Waals surface area contributed by atoms with Gasteiger partial charge in [-0.2, -0.15) is 0 Å².